The molecule has 0 spiro atoms. The van der Waals surface area contributed by atoms with Crippen molar-refractivity contribution in [2.24, 2.45) is 0 Å². The Morgan fingerprint density at radius 1 is 1.21 bits per heavy atom. The molecule has 1 N–H and O–H groups in total. The van der Waals surface area contributed by atoms with Crippen LogP contribution in [-0.2, 0) is 6.54 Å². The van der Waals surface area contributed by atoms with Gasteiger partial charge in [-0.3, -0.25) is 4.98 Å². The van der Waals surface area contributed by atoms with Gasteiger partial charge in [-0.25, -0.2) is 4.39 Å². The first-order chi connectivity index (χ1) is 9.06. The lowest BCUT2D eigenvalue weighted by Gasteiger charge is -2.15. The van der Waals surface area contributed by atoms with Gasteiger partial charge in [0, 0.05) is 24.5 Å². The van der Waals surface area contributed by atoms with Crippen LogP contribution in [0.1, 0.15) is 35.3 Å². The molecule has 2 nitrogen and oxygen atoms in total. The molecule has 0 radical (unpaired) electrons. The van der Waals surface area contributed by atoms with E-state index in [1.165, 1.54) is 0 Å². The van der Waals surface area contributed by atoms with Gasteiger partial charge in [-0.2, -0.15) is 0 Å². The Morgan fingerprint density at radius 2 is 2.00 bits per heavy atom. The SMILES string of the molecule is Cc1ccc(CNC(C)c2ccc(C)c(F)c2)cn1. The highest BCUT2D eigenvalue weighted by atomic mass is 19.1. The molecule has 0 bridgehead atoms. The van der Waals surface area contributed by atoms with Crippen molar-refractivity contribution in [1.29, 1.82) is 0 Å². The summed E-state index contributed by atoms with van der Waals surface area (Å²) >= 11 is 0. The van der Waals surface area contributed by atoms with Gasteiger partial charge in [-0.05, 0) is 49.6 Å². The molecule has 0 saturated carbocycles. The summed E-state index contributed by atoms with van der Waals surface area (Å²) in [5.41, 5.74) is 3.78. The van der Waals surface area contributed by atoms with E-state index in [9.17, 15) is 4.39 Å². The zero-order valence-corrected chi connectivity index (χ0v) is 11.6. The molecule has 1 aromatic heterocycles. The van der Waals surface area contributed by atoms with Crippen molar-refractivity contribution < 1.29 is 4.39 Å². The largest absolute Gasteiger partial charge is 0.306 e. The maximum absolute atomic E-state index is 13.5. The third kappa shape index (κ3) is 3.61. The number of benzene rings is 1. The van der Waals surface area contributed by atoms with E-state index in [0.29, 0.717) is 5.56 Å². The van der Waals surface area contributed by atoms with Crippen LogP contribution in [0.5, 0.6) is 0 Å². The second-order valence-corrected chi connectivity index (χ2v) is 4.92. The summed E-state index contributed by atoms with van der Waals surface area (Å²) in [6.45, 7) is 6.50. The summed E-state index contributed by atoms with van der Waals surface area (Å²) in [6.07, 6.45) is 1.87. The van der Waals surface area contributed by atoms with Crippen LogP contribution < -0.4 is 5.32 Å². The van der Waals surface area contributed by atoms with Crippen LogP contribution in [0.4, 0.5) is 4.39 Å². The first-order valence-corrected chi connectivity index (χ1v) is 6.47. The van der Waals surface area contributed by atoms with Gasteiger partial charge >= 0.3 is 0 Å². The standard InChI is InChI=1S/C16H19FN2/c1-11-4-7-15(8-16(11)17)13(3)19-10-14-6-5-12(2)18-9-14/h4-9,13,19H,10H2,1-3H3. The van der Waals surface area contributed by atoms with Crippen LogP contribution in [0.25, 0.3) is 0 Å². The monoisotopic (exact) mass is 258 g/mol. The molecule has 1 aromatic carbocycles. The lowest BCUT2D eigenvalue weighted by molar-refractivity contribution is 0.562. The van der Waals surface area contributed by atoms with Gasteiger partial charge in [0.15, 0.2) is 0 Å². The van der Waals surface area contributed by atoms with E-state index in [2.05, 4.69) is 16.4 Å². The van der Waals surface area contributed by atoms with Gasteiger partial charge in [0.2, 0.25) is 0 Å². The molecule has 2 aromatic rings. The van der Waals surface area contributed by atoms with Crippen LogP contribution in [-0.4, -0.2) is 4.98 Å². The highest BCUT2D eigenvalue weighted by Gasteiger charge is 2.07. The number of hydrogen-bond donors (Lipinski definition) is 1. The van der Waals surface area contributed by atoms with Crippen molar-refractivity contribution >= 4 is 0 Å². The lowest BCUT2D eigenvalue weighted by atomic mass is 10.1. The highest BCUT2D eigenvalue weighted by Crippen LogP contribution is 2.16. The van der Waals surface area contributed by atoms with Gasteiger partial charge in [-0.1, -0.05) is 18.2 Å². The van der Waals surface area contributed by atoms with Crippen molar-refractivity contribution in [3.63, 3.8) is 0 Å². The number of hydrogen-bond acceptors (Lipinski definition) is 2. The second kappa shape index (κ2) is 5.93. The summed E-state index contributed by atoms with van der Waals surface area (Å²) in [6, 6.07) is 9.53. The van der Waals surface area contributed by atoms with Gasteiger partial charge < -0.3 is 5.32 Å². The van der Waals surface area contributed by atoms with Crippen molar-refractivity contribution in [2.75, 3.05) is 0 Å². The van der Waals surface area contributed by atoms with E-state index in [4.69, 9.17) is 0 Å². The average Bonchev–Trinajstić information content (AvgIpc) is 2.41. The molecule has 19 heavy (non-hydrogen) atoms. The molecule has 1 atom stereocenters. The molecule has 3 heteroatoms. The van der Waals surface area contributed by atoms with E-state index < -0.39 is 0 Å². The molecular weight excluding hydrogens is 239 g/mol. The van der Waals surface area contributed by atoms with Crippen LogP contribution in [0.2, 0.25) is 0 Å². The maximum atomic E-state index is 13.5. The quantitative estimate of drug-likeness (QED) is 0.904. The topological polar surface area (TPSA) is 24.9 Å². The predicted molar refractivity (Wildman–Crippen MR) is 75.4 cm³/mol. The Kier molecular flexibility index (Phi) is 4.27. The number of pyridine rings is 1. The van der Waals surface area contributed by atoms with E-state index in [0.717, 1.165) is 23.4 Å². The van der Waals surface area contributed by atoms with Crippen LogP contribution in [0.3, 0.4) is 0 Å². The number of aryl methyl sites for hydroxylation is 2. The molecule has 0 aliphatic heterocycles. The van der Waals surface area contributed by atoms with E-state index in [-0.39, 0.29) is 11.9 Å². The summed E-state index contributed by atoms with van der Waals surface area (Å²) < 4.78 is 13.5. The highest BCUT2D eigenvalue weighted by molar-refractivity contribution is 5.25. The maximum Gasteiger partial charge on any atom is 0.126 e. The van der Waals surface area contributed by atoms with E-state index >= 15 is 0 Å². The molecule has 1 unspecified atom stereocenters. The predicted octanol–water partition coefficient (Wildman–Crippen LogP) is 3.69. The molecule has 0 fully saturated rings. The molecule has 2 rings (SSSR count). The smallest absolute Gasteiger partial charge is 0.126 e. The zero-order valence-electron chi connectivity index (χ0n) is 11.6. The van der Waals surface area contributed by atoms with Gasteiger partial charge in [0.05, 0.1) is 0 Å². The van der Waals surface area contributed by atoms with Crippen LogP contribution >= 0.6 is 0 Å². The molecule has 0 aliphatic rings. The van der Waals surface area contributed by atoms with Crippen molar-refractivity contribution in [3.8, 4) is 0 Å². The van der Waals surface area contributed by atoms with Gasteiger partial charge in [0.1, 0.15) is 5.82 Å². The van der Waals surface area contributed by atoms with Crippen LogP contribution in [0, 0.1) is 19.7 Å². The van der Waals surface area contributed by atoms with Crippen molar-refractivity contribution in [1.82, 2.24) is 10.3 Å². The minimum atomic E-state index is -0.150. The summed E-state index contributed by atoms with van der Waals surface area (Å²) in [7, 11) is 0. The lowest BCUT2D eigenvalue weighted by Crippen LogP contribution is -2.18. The Hall–Kier alpha value is -1.74. The Labute approximate surface area is 113 Å². The summed E-state index contributed by atoms with van der Waals surface area (Å²) in [5.74, 6) is -0.150. The summed E-state index contributed by atoms with van der Waals surface area (Å²) in [4.78, 5) is 4.26. The van der Waals surface area contributed by atoms with Crippen molar-refractivity contribution in [3.05, 3.63) is 64.7 Å². The van der Waals surface area contributed by atoms with Crippen molar-refractivity contribution in [2.45, 2.75) is 33.4 Å². The Bertz CT molecular complexity index is 549. The normalized spacial score (nSPS) is 12.4. The minimum absolute atomic E-state index is 0.108. The molecule has 0 saturated heterocycles. The number of nitrogens with zero attached hydrogens (tertiary/aromatic N) is 1. The third-order valence-electron chi connectivity index (χ3n) is 3.28. The first-order valence-electron chi connectivity index (χ1n) is 6.47. The van der Waals surface area contributed by atoms with E-state index in [1.54, 1.807) is 13.0 Å². The minimum Gasteiger partial charge on any atom is -0.306 e. The molecule has 0 amide bonds. The number of aromatic nitrogens is 1. The fourth-order valence-electron chi connectivity index (χ4n) is 1.87. The average molecular weight is 258 g/mol. The fourth-order valence-corrected chi connectivity index (χ4v) is 1.87. The third-order valence-corrected chi connectivity index (χ3v) is 3.28. The van der Waals surface area contributed by atoms with Crippen LogP contribution in [0.15, 0.2) is 36.5 Å². The number of rotatable bonds is 4. The fraction of sp³-hybridized carbons (Fsp3) is 0.312. The molecular formula is C16H19FN2. The molecule has 1 heterocycles. The summed E-state index contributed by atoms with van der Waals surface area (Å²) in [5, 5.41) is 3.37. The van der Waals surface area contributed by atoms with Gasteiger partial charge in [0.25, 0.3) is 0 Å². The Morgan fingerprint density at radius 3 is 2.63 bits per heavy atom. The van der Waals surface area contributed by atoms with E-state index in [1.807, 2.05) is 38.2 Å². The first kappa shape index (κ1) is 13.7. The van der Waals surface area contributed by atoms with Gasteiger partial charge in [-0.15, -0.1) is 0 Å². The number of halogens is 1. The molecule has 0 aliphatic carbocycles. The zero-order chi connectivity index (χ0) is 13.8. The number of nitrogens with one attached hydrogen (secondary N) is 1. The Balaban J connectivity index is 1.98. The molecule has 100 valence electrons. The second-order valence-electron chi connectivity index (χ2n) is 4.92.